The van der Waals surface area contributed by atoms with Crippen LogP contribution in [-0.2, 0) is 28.5 Å². The van der Waals surface area contributed by atoms with E-state index < -0.39 is 23.1 Å². The second kappa shape index (κ2) is 28.3. The number of hydrogen-bond acceptors (Lipinski definition) is 17. The van der Waals surface area contributed by atoms with Gasteiger partial charge in [0.15, 0.2) is 0 Å². The Morgan fingerprint density at radius 2 is 0.838 bits per heavy atom. The fourth-order valence-electron chi connectivity index (χ4n) is 6.61. The highest BCUT2D eigenvalue weighted by Crippen LogP contribution is 2.24. The number of benzene rings is 4. The topological polar surface area (TPSA) is 227 Å². The number of methoxy groups -OCH3 is 3. The molecule has 0 radical (unpaired) electrons. The molecule has 0 fully saturated rings. The van der Waals surface area contributed by atoms with E-state index in [9.17, 15) is 19.2 Å². The third kappa shape index (κ3) is 20.2. The van der Waals surface area contributed by atoms with Crippen LogP contribution < -0.4 is 30.7 Å². The average molecular weight is 1010 g/mol. The lowest BCUT2D eigenvalue weighted by molar-refractivity contribution is -0.154. The van der Waals surface area contributed by atoms with Gasteiger partial charge in [-0.25, -0.2) is 19.9 Å². The zero-order valence-electron chi connectivity index (χ0n) is 43.5. The molecule has 0 atom stereocenters. The molecule has 0 aliphatic carbocycles. The zero-order chi connectivity index (χ0) is 53.5. The van der Waals surface area contributed by atoms with E-state index in [1.807, 2.05) is 48.5 Å². The third-order valence-electron chi connectivity index (χ3n) is 10.2. The Kier molecular flexibility index (Phi) is 21.8. The first-order valence-electron chi connectivity index (χ1n) is 23.9. The molecular formula is C55H67N9O10. The largest absolute Gasteiger partial charge is 0.497 e. The standard InChI is InChI=1S/C31H41N5O6.C24H26N4O4/c1-31(2,3)42-28(37)22-32-29(38)24-8-6-23(7-9-24)25-20-33-30(34-21-25)35-26-10-12-27(13-11-26)41-19-16-36(14-17-39-4)15-18-40-5;1-24(2,3)32-21(29)15-25-22(30)17-7-5-16(6-8-17)18-13-26-23(27-14-18)28-19-9-11-20(31-4)12-10-19/h6-13,20-21H,14-19,22H2,1-5H3,(H,32,38)(H,33,34,35);5-14H,15H2,1-4H3,(H,25,30)(H,26,27,28). The Morgan fingerprint density at radius 3 is 1.19 bits per heavy atom. The molecule has 4 N–H and O–H groups in total. The predicted molar refractivity (Wildman–Crippen MR) is 283 cm³/mol. The molecule has 4 aromatic carbocycles. The van der Waals surface area contributed by atoms with E-state index in [-0.39, 0.29) is 24.9 Å². The fourth-order valence-corrected chi connectivity index (χ4v) is 6.61. The fraction of sp³-hybridized carbons (Fsp3) is 0.345. The maximum absolute atomic E-state index is 12.4. The monoisotopic (exact) mass is 1010 g/mol. The molecular weight excluding hydrogens is 947 g/mol. The summed E-state index contributed by atoms with van der Waals surface area (Å²) >= 11 is 0. The van der Waals surface area contributed by atoms with Crippen LogP contribution in [0.4, 0.5) is 23.3 Å². The van der Waals surface area contributed by atoms with Crippen LogP contribution >= 0.6 is 0 Å². The Bertz CT molecular complexity index is 2670. The maximum Gasteiger partial charge on any atom is 0.325 e. The van der Waals surface area contributed by atoms with Crippen molar-refractivity contribution in [1.82, 2.24) is 35.5 Å². The molecule has 0 saturated heterocycles. The Hall–Kier alpha value is -8.00. The normalized spacial score (nSPS) is 11.1. The van der Waals surface area contributed by atoms with E-state index in [0.29, 0.717) is 42.8 Å². The highest BCUT2D eigenvalue weighted by molar-refractivity contribution is 5.97. The van der Waals surface area contributed by atoms with Crippen molar-refractivity contribution in [2.24, 2.45) is 0 Å². The number of ether oxygens (including phenoxy) is 6. The number of anilines is 4. The second-order valence-electron chi connectivity index (χ2n) is 18.5. The van der Waals surface area contributed by atoms with Crippen molar-refractivity contribution in [3.8, 4) is 33.8 Å². The van der Waals surface area contributed by atoms with Gasteiger partial charge in [0.1, 0.15) is 42.4 Å². The lowest BCUT2D eigenvalue weighted by Crippen LogP contribution is -2.34. The van der Waals surface area contributed by atoms with Gasteiger partial charge >= 0.3 is 11.9 Å². The summed E-state index contributed by atoms with van der Waals surface area (Å²) in [5.74, 6) is 0.796. The molecule has 0 spiro atoms. The van der Waals surface area contributed by atoms with Gasteiger partial charge in [0.25, 0.3) is 11.8 Å². The quantitative estimate of drug-likeness (QED) is 0.0447. The van der Waals surface area contributed by atoms with Crippen molar-refractivity contribution in [2.75, 3.05) is 84.5 Å². The van der Waals surface area contributed by atoms with Crippen LogP contribution in [0.5, 0.6) is 11.5 Å². The number of carbonyl (C=O) groups excluding carboxylic acids is 4. The van der Waals surface area contributed by atoms with Gasteiger partial charge in [0, 0.05) is 92.3 Å². The van der Waals surface area contributed by atoms with Crippen LogP contribution in [0.1, 0.15) is 62.3 Å². The van der Waals surface area contributed by atoms with E-state index in [4.69, 9.17) is 28.4 Å². The number of hydrogen-bond donors (Lipinski definition) is 4. The number of amides is 2. The summed E-state index contributed by atoms with van der Waals surface area (Å²) < 4.78 is 31.8. The Morgan fingerprint density at radius 1 is 0.473 bits per heavy atom. The van der Waals surface area contributed by atoms with E-state index in [1.165, 1.54) is 0 Å². The van der Waals surface area contributed by atoms with Crippen LogP contribution in [0.15, 0.2) is 122 Å². The zero-order valence-corrected chi connectivity index (χ0v) is 43.5. The summed E-state index contributed by atoms with van der Waals surface area (Å²) in [4.78, 5) is 68.0. The number of carbonyl (C=O) groups is 4. The molecule has 0 saturated carbocycles. The van der Waals surface area contributed by atoms with E-state index in [1.54, 1.807) is 136 Å². The van der Waals surface area contributed by atoms with Crippen molar-refractivity contribution in [2.45, 2.75) is 52.7 Å². The minimum Gasteiger partial charge on any atom is -0.497 e. The van der Waals surface area contributed by atoms with Gasteiger partial charge < -0.3 is 49.7 Å². The summed E-state index contributed by atoms with van der Waals surface area (Å²) in [7, 11) is 5.01. The summed E-state index contributed by atoms with van der Waals surface area (Å²) in [5, 5.41) is 11.5. The smallest absolute Gasteiger partial charge is 0.325 e. The number of aromatic nitrogens is 4. The molecule has 0 bridgehead atoms. The summed E-state index contributed by atoms with van der Waals surface area (Å²) in [6.07, 6.45) is 6.83. The first-order valence-corrected chi connectivity index (χ1v) is 23.9. The van der Waals surface area contributed by atoms with Gasteiger partial charge in [0.2, 0.25) is 11.9 Å². The molecule has 19 nitrogen and oxygen atoms in total. The minimum atomic E-state index is -0.603. The molecule has 0 aliphatic heterocycles. The first kappa shape index (κ1) is 56.9. The highest BCUT2D eigenvalue weighted by Gasteiger charge is 2.19. The van der Waals surface area contributed by atoms with Crippen LogP contribution in [0, 0.1) is 0 Å². The summed E-state index contributed by atoms with van der Waals surface area (Å²) in [5.41, 5.74) is 4.69. The third-order valence-corrected chi connectivity index (χ3v) is 10.2. The molecule has 2 amide bonds. The number of nitrogens with one attached hydrogen (secondary N) is 4. The molecule has 0 unspecified atom stereocenters. The molecule has 392 valence electrons. The highest BCUT2D eigenvalue weighted by atomic mass is 16.6. The van der Waals surface area contributed by atoms with Gasteiger partial charge in [-0.3, -0.25) is 24.1 Å². The number of nitrogens with zero attached hydrogens (tertiary/aromatic N) is 5. The molecule has 6 rings (SSSR count). The first-order chi connectivity index (χ1) is 35.4. The summed E-state index contributed by atoms with van der Waals surface area (Å²) in [6, 6.07) is 29.0. The SMILES string of the molecule is COCCN(CCOC)CCOc1ccc(Nc2ncc(-c3ccc(C(=O)NCC(=O)OC(C)(C)C)cc3)cn2)cc1.COc1ccc(Nc2ncc(-c3ccc(C(=O)NCC(=O)OC(C)(C)C)cc3)cn2)cc1. The van der Waals surface area contributed by atoms with Crippen LogP contribution in [0.2, 0.25) is 0 Å². The molecule has 2 heterocycles. The van der Waals surface area contributed by atoms with E-state index >= 15 is 0 Å². The van der Waals surface area contributed by atoms with Crippen molar-refractivity contribution < 1.29 is 47.6 Å². The Balaban J connectivity index is 0.000000284. The molecule has 74 heavy (non-hydrogen) atoms. The molecule has 0 aliphatic rings. The van der Waals surface area contributed by atoms with E-state index in [2.05, 4.69) is 46.1 Å². The van der Waals surface area contributed by atoms with Crippen molar-refractivity contribution >= 4 is 47.0 Å². The molecule has 19 heteroatoms. The van der Waals surface area contributed by atoms with Crippen molar-refractivity contribution in [1.29, 1.82) is 0 Å². The van der Waals surface area contributed by atoms with Crippen LogP contribution in [0.25, 0.3) is 22.3 Å². The number of rotatable bonds is 23. The summed E-state index contributed by atoms with van der Waals surface area (Å²) in [6.45, 7) is 14.6. The maximum atomic E-state index is 12.4. The second-order valence-corrected chi connectivity index (χ2v) is 18.5. The van der Waals surface area contributed by atoms with Gasteiger partial charge in [0.05, 0.1) is 20.3 Å². The van der Waals surface area contributed by atoms with E-state index in [0.717, 1.165) is 64.8 Å². The van der Waals surface area contributed by atoms with Gasteiger partial charge in [-0.15, -0.1) is 0 Å². The predicted octanol–water partition coefficient (Wildman–Crippen LogP) is 7.90. The Labute approximate surface area is 432 Å². The van der Waals surface area contributed by atoms with Crippen LogP contribution in [-0.4, -0.2) is 134 Å². The van der Waals surface area contributed by atoms with Gasteiger partial charge in [-0.05, 0) is 125 Å². The van der Waals surface area contributed by atoms with Gasteiger partial charge in [-0.1, -0.05) is 24.3 Å². The van der Waals surface area contributed by atoms with Crippen molar-refractivity contribution in [3.63, 3.8) is 0 Å². The van der Waals surface area contributed by atoms with Crippen molar-refractivity contribution in [3.05, 3.63) is 133 Å². The van der Waals surface area contributed by atoms with Crippen LogP contribution in [0.3, 0.4) is 0 Å². The molecule has 2 aromatic heterocycles. The molecule has 6 aromatic rings. The lowest BCUT2D eigenvalue weighted by Gasteiger charge is -2.21. The number of esters is 2. The minimum absolute atomic E-state index is 0.186. The van der Waals surface area contributed by atoms with Gasteiger partial charge in [-0.2, -0.15) is 0 Å². The lowest BCUT2D eigenvalue weighted by atomic mass is 10.1. The average Bonchev–Trinajstić information content (AvgIpc) is 3.38.